The molecule has 1 amide bonds. The number of rotatable bonds is 6. The minimum absolute atomic E-state index is 0.0316. The quantitative estimate of drug-likeness (QED) is 0.857. The summed E-state index contributed by atoms with van der Waals surface area (Å²) in [7, 11) is 0. The fraction of sp³-hybridized carbons (Fsp3) is 0.562. The Morgan fingerprint density at radius 3 is 2.92 bits per heavy atom. The number of aryl methyl sites for hydroxylation is 1. The van der Waals surface area contributed by atoms with E-state index in [2.05, 4.69) is 39.3 Å². The van der Waals surface area contributed by atoms with Crippen molar-refractivity contribution in [1.82, 2.24) is 24.7 Å². The van der Waals surface area contributed by atoms with Crippen molar-refractivity contribution in [3.05, 3.63) is 24.4 Å². The van der Waals surface area contributed by atoms with Gasteiger partial charge < -0.3 is 14.6 Å². The number of nitrogens with zero attached hydrogens (tertiary/aromatic N) is 6. The van der Waals surface area contributed by atoms with Gasteiger partial charge in [0, 0.05) is 12.7 Å². The van der Waals surface area contributed by atoms with Gasteiger partial charge in [0.15, 0.2) is 5.82 Å². The number of hydrogen-bond acceptors (Lipinski definition) is 7. The zero-order valence-electron chi connectivity index (χ0n) is 14.9. The first-order valence-electron chi connectivity index (χ1n) is 8.44. The van der Waals surface area contributed by atoms with Crippen LogP contribution in [-0.2, 0) is 11.3 Å². The van der Waals surface area contributed by atoms with Gasteiger partial charge in [-0.1, -0.05) is 13.8 Å². The van der Waals surface area contributed by atoms with Crippen LogP contribution in [0.5, 0.6) is 0 Å². The minimum Gasteiger partial charge on any atom is -0.447 e. The first-order chi connectivity index (χ1) is 12.0. The van der Waals surface area contributed by atoms with E-state index in [0.29, 0.717) is 18.4 Å². The molecule has 0 radical (unpaired) electrons. The molecule has 3 rings (SSSR count). The SMILES string of the molecule is CCn1cnnc1C(C)Nc1nccc(N2C(=O)OC[C@@H]2C(C)C)n1. The van der Waals surface area contributed by atoms with E-state index in [-0.39, 0.29) is 24.1 Å². The van der Waals surface area contributed by atoms with Gasteiger partial charge in [0.2, 0.25) is 5.95 Å². The van der Waals surface area contributed by atoms with Crippen LogP contribution in [0, 0.1) is 5.92 Å². The standard InChI is InChI=1S/C16H23N7O2/c1-5-22-9-18-21-14(22)11(4)19-15-17-7-6-13(20-15)23-12(10(2)3)8-25-16(23)24/h6-7,9-12H,5,8H2,1-4H3,(H,17,19,20)/t11?,12-/m1/s1. The lowest BCUT2D eigenvalue weighted by Gasteiger charge is -2.23. The Kier molecular flexibility index (Phi) is 4.82. The van der Waals surface area contributed by atoms with Gasteiger partial charge in [-0.15, -0.1) is 10.2 Å². The van der Waals surface area contributed by atoms with Crippen molar-refractivity contribution in [1.29, 1.82) is 0 Å². The molecule has 9 nitrogen and oxygen atoms in total. The van der Waals surface area contributed by atoms with Crippen molar-refractivity contribution in [3.63, 3.8) is 0 Å². The van der Waals surface area contributed by atoms with Crippen molar-refractivity contribution in [3.8, 4) is 0 Å². The first kappa shape index (κ1) is 17.1. The Balaban J connectivity index is 1.81. The lowest BCUT2D eigenvalue weighted by Crippen LogP contribution is -2.37. The van der Waals surface area contributed by atoms with Crippen LogP contribution >= 0.6 is 0 Å². The third-order valence-electron chi connectivity index (χ3n) is 4.28. The first-order valence-corrected chi connectivity index (χ1v) is 8.44. The molecule has 3 heterocycles. The Bertz CT molecular complexity index is 746. The predicted octanol–water partition coefficient (Wildman–Crippen LogP) is 2.24. The molecule has 1 N–H and O–H groups in total. The van der Waals surface area contributed by atoms with E-state index in [1.165, 1.54) is 0 Å². The van der Waals surface area contributed by atoms with Crippen LogP contribution in [0.25, 0.3) is 0 Å². The highest BCUT2D eigenvalue weighted by Gasteiger charge is 2.37. The fourth-order valence-corrected chi connectivity index (χ4v) is 2.84. The third-order valence-corrected chi connectivity index (χ3v) is 4.28. The summed E-state index contributed by atoms with van der Waals surface area (Å²) >= 11 is 0. The molecule has 2 aromatic heterocycles. The molecule has 1 aliphatic heterocycles. The van der Waals surface area contributed by atoms with Crippen molar-refractivity contribution >= 4 is 17.9 Å². The van der Waals surface area contributed by atoms with E-state index in [0.717, 1.165) is 12.4 Å². The van der Waals surface area contributed by atoms with E-state index < -0.39 is 0 Å². The summed E-state index contributed by atoms with van der Waals surface area (Å²) in [6, 6.07) is 1.56. The molecule has 25 heavy (non-hydrogen) atoms. The largest absolute Gasteiger partial charge is 0.447 e. The Hall–Kier alpha value is -2.71. The summed E-state index contributed by atoms with van der Waals surface area (Å²) in [4.78, 5) is 22.4. The molecule has 1 saturated heterocycles. The molecule has 9 heteroatoms. The maximum Gasteiger partial charge on any atom is 0.415 e. The van der Waals surface area contributed by atoms with Gasteiger partial charge in [-0.05, 0) is 25.8 Å². The molecule has 0 bridgehead atoms. The number of aromatic nitrogens is 5. The van der Waals surface area contributed by atoms with Gasteiger partial charge in [0.05, 0.1) is 12.1 Å². The van der Waals surface area contributed by atoms with Crippen LogP contribution in [0.2, 0.25) is 0 Å². The predicted molar refractivity (Wildman–Crippen MR) is 92.2 cm³/mol. The van der Waals surface area contributed by atoms with E-state index in [1.807, 2.05) is 18.4 Å². The summed E-state index contributed by atoms with van der Waals surface area (Å²) in [5.74, 6) is 2.03. The molecule has 2 atom stereocenters. The minimum atomic E-state index is -0.373. The number of carbonyl (C=O) groups is 1. The van der Waals surface area contributed by atoms with Gasteiger partial charge in [0.25, 0.3) is 0 Å². The normalized spacial score (nSPS) is 18.5. The van der Waals surface area contributed by atoms with Gasteiger partial charge in [0.1, 0.15) is 18.8 Å². The second kappa shape index (κ2) is 7.04. The maximum absolute atomic E-state index is 12.1. The molecule has 2 aromatic rings. The zero-order chi connectivity index (χ0) is 18.0. The zero-order valence-corrected chi connectivity index (χ0v) is 14.9. The molecule has 1 aliphatic rings. The number of hydrogen-bond donors (Lipinski definition) is 1. The van der Waals surface area contributed by atoms with E-state index in [1.54, 1.807) is 23.5 Å². The Morgan fingerprint density at radius 2 is 2.20 bits per heavy atom. The van der Waals surface area contributed by atoms with Crippen molar-refractivity contribution in [2.75, 3.05) is 16.8 Å². The number of amides is 1. The molecule has 0 saturated carbocycles. The monoisotopic (exact) mass is 345 g/mol. The van der Waals surface area contributed by atoms with Crippen LogP contribution < -0.4 is 10.2 Å². The number of ether oxygens (including phenoxy) is 1. The Labute approximate surface area is 146 Å². The number of anilines is 2. The van der Waals surface area contributed by atoms with Crippen molar-refractivity contribution in [2.45, 2.75) is 46.3 Å². The van der Waals surface area contributed by atoms with Gasteiger partial charge in [-0.25, -0.2) is 9.78 Å². The third kappa shape index (κ3) is 3.40. The molecule has 0 aromatic carbocycles. The topological polar surface area (TPSA) is 98.1 Å². The molecule has 134 valence electrons. The summed E-state index contributed by atoms with van der Waals surface area (Å²) < 4.78 is 7.14. The molecule has 0 aliphatic carbocycles. The van der Waals surface area contributed by atoms with Gasteiger partial charge >= 0.3 is 6.09 Å². The summed E-state index contributed by atoms with van der Waals surface area (Å²) in [5, 5.41) is 11.3. The second-order valence-electron chi connectivity index (χ2n) is 6.34. The van der Waals surface area contributed by atoms with Crippen LogP contribution in [0.4, 0.5) is 16.6 Å². The van der Waals surface area contributed by atoms with E-state index in [9.17, 15) is 4.79 Å². The highest BCUT2D eigenvalue weighted by atomic mass is 16.6. The van der Waals surface area contributed by atoms with Crippen LogP contribution in [0.15, 0.2) is 18.6 Å². The maximum atomic E-state index is 12.1. The number of nitrogens with one attached hydrogen (secondary N) is 1. The molecular weight excluding hydrogens is 322 g/mol. The van der Waals surface area contributed by atoms with Crippen LogP contribution in [0.1, 0.15) is 39.6 Å². The molecular formula is C16H23N7O2. The van der Waals surface area contributed by atoms with Crippen molar-refractivity contribution < 1.29 is 9.53 Å². The fourth-order valence-electron chi connectivity index (χ4n) is 2.84. The van der Waals surface area contributed by atoms with Gasteiger partial charge in [-0.2, -0.15) is 4.98 Å². The lowest BCUT2D eigenvalue weighted by molar-refractivity contribution is 0.177. The summed E-state index contributed by atoms with van der Waals surface area (Å²) in [5.41, 5.74) is 0. The smallest absolute Gasteiger partial charge is 0.415 e. The number of carbonyl (C=O) groups excluding carboxylic acids is 1. The average molecular weight is 345 g/mol. The van der Waals surface area contributed by atoms with Gasteiger partial charge in [-0.3, -0.25) is 4.90 Å². The summed E-state index contributed by atoms with van der Waals surface area (Å²) in [6.07, 6.45) is 2.95. The Morgan fingerprint density at radius 1 is 1.40 bits per heavy atom. The van der Waals surface area contributed by atoms with Crippen LogP contribution in [0.3, 0.4) is 0 Å². The molecule has 1 fully saturated rings. The van der Waals surface area contributed by atoms with E-state index >= 15 is 0 Å². The second-order valence-corrected chi connectivity index (χ2v) is 6.34. The van der Waals surface area contributed by atoms with Crippen LogP contribution in [-0.4, -0.2) is 43.5 Å². The van der Waals surface area contributed by atoms with Crippen molar-refractivity contribution in [2.24, 2.45) is 5.92 Å². The highest BCUT2D eigenvalue weighted by Crippen LogP contribution is 2.26. The highest BCUT2D eigenvalue weighted by molar-refractivity contribution is 5.89. The summed E-state index contributed by atoms with van der Waals surface area (Å²) in [6.45, 7) is 9.26. The lowest BCUT2D eigenvalue weighted by atomic mass is 10.0. The van der Waals surface area contributed by atoms with E-state index in [4.69, 9.17) is 4.74 Å². The average Bonchev–Trinajstić information content (AvgIpc) is 3.21. The molecule has 1 unspecified atom stereocenters. The number of cyclic esters (lactones) is 1. The molecule has 0 spiro atoms.